The first-order valence-electron chi connectivity index (χ1n) is 10.7. The summed E-state index contributed by atoms with van der Waals surface area (Å²) >= 11 is 12.1. The molecule has 3 aromatic carbocycles. The highest BCUT2D eigenvalue weighted by molar-refractivity contribution is 6.35. The number of aryl methyl sites for hydroxylation is 1. The number of carbonyl (C=O) groups excluding carboxylic acids is 1. The molecule has 6 heteroatoms. The van der Waals surface area contributed by atoms with Crippen LogP contribution in [0.3, 0.4) is 0 Å². The van der Waals surface area contributed by atoms with Gasteiger partial charge in [-0.25, -0.2) is 0 Å². The summed E-state index contributed by atoms with van der Waals surface area (Å²) in [5.41, 5.74) is 4.26. The van der Waals surface area contributed by atoms with Crippen LogP contribution in [0.25, 0.3) is 0 Å². The lowest BCUT2D eigenvalue weighted by Crippen LogP contribution is -2.48. The van der Waals surface area contributed by atoms with Gasteiger partial charge in [0.05, 0.1) is 5.02 Å². The predicted molar refractivity (Wildman–Crippen MR) is 130 cm³/mol. The molecule has 1 aliphatic heterocycles. The fraction of sp³-hybridized carbons (Fsp3) is 0.269. The molecule has 1 fully saturated rings. The van der Waals surface area contributed by atoms with Gasteiger partial charge >= 0.3 is 0 Å². The predicted octanol–water partition coefficient (Wildman–Crippen LogP) is 5.84. The van der Waals surface area contributed by atoms with Gasteiger partial charge in [-0.15, -0.1) is 0 Å². The van der Waals surface area contributed by atoms with Crippen molar-refractivity contribution in [3.8, 4) is 5.75 Å². The molecular formula is C26H26Cl2N2O2. The average Bonchev–Trinajstić information content (AvgIpc) is 2.80. The van der Waals surface area contributed by atoms with E-state index in [0.717, 1.165) is 38.3 Å². The molecule has 0 radical (unpaired) electrons. The molecule has 1 saturated heterocycles. The monoisotopic (exact) mass is 468 g/mol. The maximum atomic E-state index is 13.1. The number of carbonyl (C=O) groups is 1. The lowest BCUT2D eigenvalue weighted by molar-refractivity contribution is 0.0628. The summed E-state index contributed by atoms with van der Waals surface area (Å²) in [6, 6.07) is 21.2. The maximum Gasteiger partial charge on any atom is 0.253 e. The van der Waals surface area contributed by atoms with E-state index in [0.29, 0.717) is 28.0 Å². The van der Waals surface area contributed by atoms with Gasteiger partial charge in [-0.05, 0) is 53.9 Å². The van der Waals surface area contributed by atoms with E-state index in [9.17, 15) is 4.79 Å². The number of nitrogens with zero attached hydrogens (tertiary/aromatic N) is 2. The topological polar surface area (TPSA) is 32.8 Å². The van der Waals surface area contributed by atoms with Crippen LogP contribution in [-0.2, 0) is 13.2 Å². The standard InChI is InChI=1S/C26H26Cl2N2O2/c1-19-5-2-3-7-22(19)17-29-11-13-30(14-12-29)26(31)21-8-4-6-20(15-21)18-32-25-10-9-23(27)16-24(25)28/h2-10,15-16H,11-14,17-18H2,1H3. The lowest BCUT2D eigenvalue weighted by atomic mass is 10.1. The molecule has 1 amide bonds. The first-order valence-corrected chi connectivity index (χ1v) is 11.5. The molecule has 0 N–H and O–H groups in total. The fourth-order valence-corrected chi connectivity index (χ4v) is 4.33. The molecule has 0 atom stereocenters. The van der Waals surface area contributed by atoms with Crippen LogP contribution in [0.5, 0.6) is 5.75 Å². The van der Waals surface area contributed by atoms with Crippen LogP contribution in [0.4, 0.5) is 0 Å². The largest absolute Gasteiger partial charge is 0.487 e. The fourth-order valence-electron chi connectivity index (χ4n) is 3.87. The molecular weight excluding hydrogens is 443 g/mol. The zero-order valence-corrected chi connectivity index (χ0v) is 19.6. The molecule has 32 heavy (non-hydrogen) atoms. The molecule has 0 spiro atoms. The molecule has 0 aliphatic carbocycles. The van der Waals surface area contributed by atoms with Gasteiger partial charge in [-0.3, -0.25) is 9.69 Å². The van der Waals surface area contributed by atoms with Crippen molar-refractivity contribution in [3.05, 3.63) is 99.0 Å². The summed E-state index contributed by atoms with van der Waals surface area (Å²) in [5, 5.41) is 1.03. The minimum Gasteiger partial charge on any atom is -0.487 e. The van der Waals surface area contributed by atoms with E-state index in [4.69, 9.17) is 27.9 Å². The van der Waals surface area contributed by atoms with E-state index in [1.54, 1.807) is 18.2 Å². The van der Waals surface area contributed by atoms with Crippen LogP contribution in [0.1, 0.15) is 27.0 Å². The van der Waals surface area contributed by atoms with Gasteiger partial charge in [-0.2, -0.15) is 0 Å². The highest BCUT2D eigenvalue weighted by Gasteiger charge is 2.22. The molecule has 3 aromatic rings. The van der Waals surface area contributed by atoms with Gasteiger partial charge in [0.2, 0.25) is 0 Å². The van der Waals surface area contributed by atoms with Gasteiger partial charge < -0.3 is 9.64 Å². The van der Waals surface area contributed by atoms with Gasteiger partial charge in [0.1, 0.15) is 12.4 Å². The minimum atomic E-state index is 0.0620. The van der Waals surface area contributed by atoms with E-state index in [2.05, 4.69) is 36.1 Å². The SMILES string of the molecule is Cc1ccccc1CN1CCN(C(=O)c2cccc(COc3ccc(Cl)cc3Cl)c2)CC1. The second-order valence-corrected chi connectivity index (χ2v) is 8.90. The molecule has 1 aliphatic rings. The average molecular weight is 469 g/mol. The third-order valence-electron chi connectivity index (χ3n) is 5.78. The number of hydrogen-bond donors (Lipinski definition) is 0. The number of amides is 1. The van der Waals surface area contributed by atoms with E-state index in [1.807, 2.05) is 29.2 Å². The Morgan fingerprint density at radius 2 is 1.72 bits per heavy atom. The first kappa shape index (κ1) is 22.7. The van der Waals surface area contributed by atoms with Crippen molar-refractivity contribution in [2.45, 2.75) is 20.1 Å². The smallest absolute Gasteiger partial charge is 0.253 e. The van der Waals surface area contributed by atoms with E-state index in [-0.39, 0.29) is 5.91 Å². The highest BCUT2D eigenvalue weighted by atomic mass is 35.5. The molecule has 0 unspecified atom stereocenters. The van der Waals surface area contributed by atoms with Crippen LogP contribution >= 0.6 is 23.2 Å². The van der Waals surface area contributed by atoms with E-state index < -0.39 is 0 Å². The molecule has 166 valence electrons. The Morgan fingerprint density at radius 1 is 0.938 bits per heavy atom. The number of hydrogen-bond acceptors (Lipinski definition) is 3. The van der Waals surface area contributed by atoms with Gasteiger partial charge in [-0.1, -0.05) is 59.6 Å². The quantitative estimate of drug-likeness (QED) is 0.455. The number of benzene rings is 3. The van der Waals surface area contributed by atoms with Crippen molar-refractivity contribution >= 4 is 29.1 Å². The third-order valence-corrected chi connectivity index (χ3v) is 6.31. The van der Waals surface area contributed by atoms with Gasteiger partial charge in [0.15, 0.2) is 0 Å². The Kier molecular flexibility index (Phi) is 7.36. The van der Waals surface area contributed by atoms with Gasteiger partial charge in [0, 0.05) is 43.3 Å². The Balaban J connectivity index is 1.33. The number of ether oxygens (including phenoxy) is 1. The molecule has 0 saturated carbocycles. The summed E-state index contributed by atoms with van der Waals surface area (Å²) in [5.74, 6) is 0.629. The third kappa shape index (κ3) is 5.63. The maximum absolute atomic E-state index is 13.1. The van der Waals surface area contributed by atoms with Crippen LogP contribution < -0.4 is 4.74 Å². The molecule has 1 heterocycles. The minimum absolute atomic E-state index is 0.0620. The Labute approximate surface area is 199 Å². The Hall–Kier alpha value is -2.53. The normalized spacial score (nSPS) is 14.4. The van der Waals surface area contributed by atoms with Crippen molar-refractivity contribution in [1.29, 1.82) is 0 Å². The second-order valence-electron chi connectivity index (χ2n) is 8.06. The van der Waals surface area contributed by atoms with Crippen LogP contribution in [-0.4, -0.2) is 41.9 Å². The number of halogens is 2. The molecule has 0 aromatic heterocycles. The van der Waals surface area contributed by atoms with E-state index >= 15 is 0 Å². The summed E-state index contributed by atoms with van der Waals surface area (Å²) in [6.07, 6.45) is 0. The van der Waals surface area contributed by atoms with Crippen molar-refractivity contribution in [1.82, 2.24) is 9.80 Å². The second kappa shape index (κ2) is 10.4. The Morgan fingerprint density at radius 3 is 2.47 bits per heavy atom. The molecule has 4 rings (SSSR count). The van der Waals surface area contributed by atoms with E-state index in [1.165, 1.54) is 11.1 Å². The van der Waals surface area contributed by atoms with Gasteiger partial charge in [0.25, 0.3) is 5.91 Å². The molecule has 4 nitrogen and oxygen atoms in total. The lowest BCUT2D eigenvalue weighted by Gasteiger charge is -2.35. The number of rotatable bonds is 6. The van der Waals surface area contributed by atoms with Crippen LogP contribution in [0.15, 0.2) is 66.7 Å². The Bertz CT molecular complexity index is 1090. The zero-order valence-electron chi connectivity index (χ0n) is 18.1. The highest BCUT2D eigenvalue weighted by Crippen LogP contribution is 2.28. The zero-order chi connectivity index (χ0) is 22.5. The number of piperazine rings is 1. The van der Waals surface area contributed by atoms with Crippen molar-refractivity contribution in [2.75, 3.05) is 26.2 Å². The first-order chi connectivity index (χ1) is 15.5. The summed E-state index contributed by atoms with van der Waals surface area (Å²) < 4.78 is 5.82. The van der Waals surface area contributed by atoms with Crippen molar-refractivity contribution in [3.63, 3.8) is 0 Å². The van der Waals surface area contributed by atoms with Crippen LogP contribution in [0.2, 0.25) is 10.0 Å². The van der Waals surface area contributed by atoms with Crippen molar-refractivity contribution < 1.29 is 9.53 Å². The van der Waals surface area contributed by atoms with Crippen LogP contribution in [0, 0.1) is 6.92 Å². The summed E-state index contributed by atoms with van der Waals surface area (Å²) in [7, 11) is 0. The molecule has 0 bridgehead atoms. The van der Waals surface area contributed by atoms with Crippen molar-refractivity contribution in [2.24, 2.45) is 0 Å². The summed E-state index contributed by atoms with van der Waals surface area (Å²) in [6.45, 7) is 6.60. The summed E-state index contributed by atoms with van der Waals surface area (Å²) in [4.78, 5) is 17.4.